The van der Waals surface area contributed by atoms with Crippen molar-refractivity contribution < 1.29 is 17.9 Å². The van der Waals surface area contributed by atoms with Crippen LogP contribution in [0.2, 0.25) is 0 Å². The van der Waals surface area contributed by atoms with E-state index in [9.17, 15) is 13.2 Å². The maximum atomic E-state index is 12.4. The normalized spacial score (nSPS) is 11.7. The molecule has 0 bridgehead atoms. The number of carbonyl (C=O) groups excluding carboxylic acids is 1. The summed E-state index contributed by atoms with van der Waals surface area (Å²) in [5.74, 6) is -0.331. The number of hydrogen-bond acceptors (Lipinski definition) is 4. The number of esters is 1. The Morgan fingerprint density at radius 2 is 1.95 bits per heavy atom. The van der Waals surface area contributed by atoms with Gasteiger partial charge < -0.3 is 4.74 Å². The van der Waals surface area contributed by atoms with Gasteiger partial charge in [0.05, 0.1) is 12.0 Å². The van der Waals surface area contributed by atoms with Crippen LogP contribution in [0.25, 0.3) is 0 Å². The molecule has 0 unspecified atom stereocenters. The molecule has 0 radical (unpaired) electrons. The summed E-state index contributed by atoms with van der Waals surface area (Å²) in [7, 11) is -0.672. The first kappa shape index (κ1) is 16.7. The highest BCUT2D eigenvalue weighted by Crippen LogP contribution is 2.20. The van der Waals surface area contributed by atoms with Gasteiger partial charge >= 0.3 is 5.97 Å². The van der Waals surface area contributed by atoms with E-state index in [1.54, 1.807) is 19.1 Å². The van der Waals surface area contributed by atoms with Crippen LogP contribution in [0.4, 0.5) is 0 Å². The zero-order chi connectivity index (χ0) is 15.3. The summed E-state index contributed by atoms with van der Waals surface area (Å²) in [5.41, 5.74) is 1.75. The van der Waals surface area contributed by atoms with Crippen molar-refractivity contribution in [2.24, 2.45) is 0 Å². The third-order valence-corrected chi connectivity index (χ3v) is 5.12. The maximum Gasteiger partial charge on any atom is 0.305 e. The lowest BCUT2D eigenvalue weighted by Crippen LogP contribution is -2.29. The smallest absolute Gasteiger partial charge is 0.305 e. The van der Waals surface area contributed by atoms with Crippen LogP contribution in [0.3, 0.4) is 0 Å². The molecule has 0 spiro atoms. The number of aryl methyl sites for hydroxylation is 2. The molecule has 1 aromatic rings. The topological polar surface area (TPSA) is 63.7 Å². The van der Waals surface area contributed by atoms with Crippen LogP contribution in [0.15, 0.2) is 23.1 Å². The third-order valence-electron chi connectivity index (χ3n) is 3.10. The van der Waals surface area contributed by atoms with Crippen LogP contribution >= 0.6 is 0 Å². The van der Waals surface area contributed by atoms with E-state index in [1.807, 2.05) is 13.0 Å². The molecule has 0 aromatic heterocycles. The molecule has 0 aliphatic rings. The highest BCUT2D eigenvalue weighted by molar-refractivity contribution is 7.89. The Kier molecular flexibility index (Phi) is 5.71. The van der Waals surface area contributed by atoms with E-state index in [0.29, 0.717) is 11.3 Å². The van der Waals surface area contributed by atoms with Crippen molar-refractivity contribution in [2.45, 2.75) is 31.6 Å². The van der Waals surface area contributed by atoms with Crippen molar-refractivity contribution in [3.8, 4) is 0 Å². The summed E-state index contributed by atoms with van der Waals surface area (Å²) in [5, 5.41) is 0. The van der Waals surface area contributed by atoms with Crippen molar-refractivity contribution >= 4 is 16.0 Å². The highest BCUT2D eigenvalue weighted by Gasteiger charge is 2.22. The van der Waals surface area contributed by atoms with Crippen LogP contribution in [0.1, 0.15) is 24.0 Å². The number of carbonyl (C=O) groups is 1. The van der Waals surface area contributed by atoms with Gasteiger partial charge in [-0.3, -0.25) is 4.79 Å². The van der Waals surface area contributed by atoms with Crippen molar-refractivity contribution in [2.75, 3.05) is 20.7 Å². The van der Waals surface area contributed by atoms with E-state index in [0.717, 1.165) is 11.1 Å². The van der Waals surface area contributed by atoms with Gasteiger partial charge in [-0.1, -0.05) is 17.7 Å². The second kappa shape index (κ2) is 6.85. The summed E-state index contributed by atoms with van der Waals surface area (Å²) in [6, 6.07) is 5.24. The Morgan fingerprint density at radius 1 is 1.30 bits per heavy atom. The standard InChI is InChI=1S/C14H21NO4S/c1-11-7-8-13(12(2)10-11)20(17,18)15(3)9-5-6-14(16)19-4/h7-8,10H,5-6,9H2,1-4H3. The fourth-order valence-electron chi connectivity index (χ4n) is 1.92. The highest BCUT2D eigenvalue weighted by atomic mass is 32.2. The Hall–Kier alpha value is -1.40. The van der Waals surface area contributed by atoms with Crippen LogP contribution in [-0.2, 0) is 19.6 Å². The minimum atomic E-state index is -3.51. The number of nitrogens with zero attached hydrogens (tertiary/aromatic N) is 1. The number of hydrogen-bond donors (Lipinski definition) is 0. The van der Waals surface area contributed by atoms with Crippen LogP contribution in [-0.4, -0.2) is 39.4 Å². The van der Waals surface area contributed by atoms with Crippen molar-refractivity contribution in [1.82, 2.24) is 4.31 Å². The second-order valence-electron chi connectivity index (χ2n) is 4.78. The summed E-state index contributed by atoms with van der Waals surface area (Å²) in [4.78, 5) is 11.3. The predicted octanol–water partition coefficient (Wildman–Crippen LogP) is 1.88. The average molecular weight is 299 g/mol. The van der Waals surface area contributed by atoms with E-state index in [1.165, 1.54) is 18.5 Å². The largest absolute Gasteiger partial charge is 0.469 e. The van der Waals surface area contributed by atoms with Crippen molar-refractivity contribution in [3.05, 3.63) is 29.3 Å². The SMILES string of the molecule is COC(=O)CCCN(C)S(=O)(=O)c1ccc(C)cc1C. The summed E-state index contributed by atoms with van der Waals surface area (Å²) >= 11 is 0. The number of rotatable bonds is 6. The zero-order valence-corrected chi connectivity index (χ0v) is 13.2. The minimum absolute atomic E-state index is 0.212. The van der Waals surface area contributed by atoms with Gasteiger partial charge in [0.25, 0.3) is 0 Å². The van der Waals surface area contributed by atoms with E-state index in [4.69, 9.17) is 0 Å². The molecule has 1 aromatic carbocycles. The molecule has 0 aliphatic heterocycles. The average Bonchev–Trinajstić information content (AvgIpc) is 2.37. The molecule has 6 heteroatoms. The lowest BCUT2D eigenvalue weighted by molar-refractivity contribution is -0.140. The third kappa shape index (κ3) is 4.05. The van der Waals surface area contributed by atoms with Gasteiger partial charge in [-0.2, -0.15) is 0 Å². The van der Waals surface area contributed by atoms with Crippen LogP contribution < -0.4 is 0 Å². The first-order valence-electron chi connectivity index (χ1n) is 6.39. The number of sulfonamides is 1. The quantitative estimate of drug-likeness (QED) is 0.752. The maximum absolute atomic E-state index is 12.4. The molecule has 0 atom stereocenters. The minimum Gasteiger partial charge on any atom is -0.469 e. The molecule has 0 amide bonds. The lowest BCUT2D eigenvalue weighted by Gasteiger charge is -2.18. The fraction of sp³-hybridized carbons (Fsp3) is 0.500. The lowest BCUT2D eigenvalue weighted by atomic mass is 10.2. The first-order valence-corrected chi connectivity index (χ1v) is 7.83. The van der Waals surface area contributed by atoms with Gasteiger partial charge in [-0.25, -0.2) is 12.7 Å². The van der Waals surface area contributed by atoms with Crippen LogP contribution in [0.5, 0.6) is 0 Å². The molecule has 112 valence electrons. The Bertz CT molecular complexity index is 581. The Labute approximate surface area is 120 Å². The molecule has 0 saturated heterocycles. The van der Waals surface area contributed by atoms with Gasteiger partial charge in [0.1, 0.15) is 0 Å². The predicted molar refractivity (Wildman–Crippen MR) is 77.0 cm³/mol. The Balaban J connectivity index is 2.79. The molecule has 0 saturated carbocycles. The van der Waals surface area contributed by atoms with Gasteiger partial charge in [0.2, 0.25) is 10.0 Å². The van der Waals surface area contributed by atoms with Crippen molar-refractivity contribution in [3.63, 3.8) is 0 Å². The molecule has 0 N–H and O–H groups in total. The van der Waals surface area contributed by atoms with Gasteiger partial charge in [-0.05, 0) is 31.9 Å². The fourth-order valence-corrected chi connectivity index (χ4v) is 3.34. The molecule has 1 rings (SSSR count). The zero-order valence-electron chi connectivity index (χ0n) is 12.3. The van der Waals surface area contributed by atoms with Gasteiger partial charge in [0, 0.05) is 20.0 Å². The molecular formula is C14H21NO4S. The number of methoxy groups -OCH3 is 1. The second-order valence-corrected chi connectivity index (χ2v) is 6.79. The molecule has 0 fully saturated rings. The molecule has 5 nitrogen and oxygen atoms in total. The summed E-state index contributed by atoms with van der Waals surface area (Å²) in [6.07, 6.45) is 0.649. The van der Waals surface area contributed by atoms with E-state index >= 15 is 0 Å². The number of benzene rings is 1. The first-order chi connectivity index (χ1) is 9.28. The van der Waals surface area contributed by atoms with Gasteiger partial charge in [0.15, 0.2) is 0 Å². The van der Waals surface area contributed by atoms with Crippen LogP contribution in [0, 0.1) is 13.8 Å². The molecule has 20 heavy (non-hydrogen) atoms. The number of ether oxygens (including phenoxy) is 1. The van der Waals surface area contributed by atoms with E-state index < -0.39 is 10.0 Å². The van der Waals surface area contributed by atoms with Gasteiger partial charge in [-0.15, -0.1) is 0 Å². The molecular weight excluding hydrogens is 278 g/mol. The van der Waals surface area contributed by atoms with E-state index in [-0.39, 0.29) is 18.9 Å². The summed E-state index contributed by atoms with van der Waals surface area (Å²) < 4.78 is 30.6. The molecule has 0 heterocycles. The Morgan fingerprint density at radius 3 is 2.50 bits per heavy atom. The van der Waals surface area contributed by atoms with E-state index in [2.05, 4.69) is 4.74 Å². The van der Waals surface area contributed by atoms with Crippen molar-refractivity contribution in [1.29, 1.82) is 0 Å². The molecule has 0 aliphatic carbocycles. The summed E-state index contributed by atoms with van der Waals surface area (Å²) in [6.45, 7) is 3.98. The monoisotopic (exact) mass is 299 g/mol.